The van der Waals surface area contributed by atoms with Crippen LogP contribution < -0.4 is 10.6 Å². The van der Waals surface area contributed by atoms with Crippen molar-refractivity contribution in [2.45, 2.75) is 13.3 Å². The van der Waals surface area contributed by atoms with Gasteiger partial charge in [-0.2, -0.15) is 0 Å². The minimum absolute atomic E-state index is 0.490. The van der Waals surface area contributed by atoms with Crippen molar-refractivity contribution in [2.24, 2.45) is 5.73 Å². The molecule has 1 aromatic heterocycles. The molecule has 1 heterocycles. The van der Waals surface area contributed by atoms with Crippen LogP contribution in [0.15, 0.2) is 72.8 Å². The van der Waals surface area contributed by atoms with Crippen molar-refractivity contribution >= 4 is 11.8 Å². The number of nitrogens with two attached hydrogens (primary N) is 1. The minimum atomic E-state index is -0.495. The van der Waals surface area contributed by atoms with Gasteiger partial charge in [0.05, 0.1) is 5.69 Å². The Balaban J connectivity index is 1.86. The number of benzene rings is 2. The van der Waals surface area contributed by atoms with Crippen LogP contribution in [0.2, 0.25) is 0 Å². The van der Waals surface area contributed by atoms with Gasteiger partial charge in [0.1, 0.15) is 5.82 Å². The number of hydrogen-bond acceptors (Lipinski definition) is 2. The number of carbonyl (C=O) groups is 1. The maximum atomic E-state index is 11.9. The maximum absolute atomic E-state index is 11.9. The van der Waals surface area contributed by atoms with Crippen molar-refractivity contribution in [1.29, 1.82) is 0 Å². The highest BCUT2D eigenvalue weighted by molar-refractivity contribution is 5.90. The van der Waals surface area contributed by atoms with Crippen molar-refractivity contribution in [3.63, 3.8) is 0 Å². The molecular weight excluding hydrogens is 310 g/mol. The van der Waals surface area contributed by atoms with Crippen molar-refractivity contribution in [2.75, 3.05) is 11.4 Å². The molecule has 0 fully saturated rings. The molecule has 2 amide bonds. The van der Waals surface area contributed by atoms with E-state index in [0.717, 1.165) is 28.8 Å². The fraction of sp³-hybridized carbons (Fsp3) is 0.143. The van der Waals surface area contributed by atoms with Crippen LogP contribution in [0.3, 0.4) is 0 Å². The van der Waals surface area contributed by atoms with Gasteiger partial charge in [0, 0.05) is 12.1 Å². The zero-order valence-corrected chi connectivity index (χ0v) is 14.2. The summed E-state index contributed by atoms with van der Waals surface area (Å²) in [5, 5.41) is 0. The largest absolute Gasteiger partial charge is 0.351 e. The number of aromatic nitrogens is 1. The van der Waals surface area contributed by atoms with E-state index in [4.69, 9.17) is 5.73 Å². The first-order chi connectivity index (χ1) is 12.1. The third kappa shape index (κ3) is 4.04. The zero-order chi connectivity index (χ0) is 17.6. The average molecular weight is 331 g/mol. The molecule has 0 saturated heterocycles. The van der Waals surface area contributed by atoms with E-state index in [0.29, 0.717) is 12.4 Å². The van der Waals surface area contributed by atoms with E-state index in [2.05, 4.69) is 4.98 Å². The molecule has 0 saturated carbocycles. The Hall–Kier alpha value is -3.14. The second-order valence-electron chi connectivity index (χ2n) is 5.92. The smallest absolute Gasteiger partial charge is 0.320 e. The van der Waals surface area contributed by atoms with E-state index >= 15 is 0 Å². The molecule has 0 unspecified atom stereocenters. The lowest BCUT2D eigenvalue weighted by atomic mass is 10.1. The van der Waals surface area contributed by atoms with E-state index in [1.165, 1.54) is 4.90 Å². The number of nitrogens with zero attached hydrogens (tertiary/aromatic N) is 2. The first-order valence-electron chi connectivity index (χ1n) is 8.29. The van der Waals surface area contributed by atoms with Gasteiger partial charge in [0.15, 0.2) is 0 Å². The number of rotatable bonds is 5. The fourth-order valence-electron chi connectivity index (χ4n) is 2.81. The van der Waals surface area contributed by atoms with Crippen LogP contribution in [0.5, 0.6) is 0 Å². The molecule has 25 heavy (non-hydrogen) atoms. The van der Waals surface area contributed by atoms with Gasteiger partial charge in [-0.1, -0.05) is 60.7 Å². The van der Waals surface area contributed by atoms with E-state index in [9.17, 15) is 4.79 Å². The zero-order valence-electron chi connectivity index (χ0n) is 14.2. The molecule has 3 aromatic rings. The molecule has 2 aromatic carbocycles. The van der Waals surface area contributed by atoms with Gasteiger partial charge in [0.25, 0.3) is 0 Å². The molecule has 2 N–H and O–H groups in total. The summed E-state index contributed by atoms with van der Waals surface area (Å²) >= 11 is 0. The molecule has 4 heteroatoms. The molecule has 0 aliphatic heterocycles. The third-order valence-corrected chi connectivity index (χ3v) is 4.16. The number of amides is 2. The number of anilines is 1. The lowest BCUT2D eigenvalue weighted by Crippen LogP contribution is -2.38. The summed E-state index contributed by atoms with van der Waals surface area (Å²) in [5.41, 5.74) is 9.78. The molecule has 0 spiro atoms. The first-order valence-corrected chi connectivity index (χ1v) is 8.29. The van der Waals surface area contributed by atoms with Crippen molar-refractivity contribution in [1.82, 2.24) is 4.98 Å². The lowest BCUT2D eigenvalue weighted by molar-refractivity contribution is 0.254. The Kier molecular flexibility index (Phi) is 5.09. The molecule has 0 bridgehead atoms. The normalized spacial score (nSPS) is 10.4. The standard InChI is InChI=1S/C21H21N3O/c1-16-8-5-6-11-18(16)19-12-7-13-20(23-19)24(21(22)25)15-14-17-9-3-2-4-10-17/h2-13H,14-15H2,1H3,(H2,22,25). The summed E-state index contributed by atoms with van der Waals surface area (Å²) in [4.78, 5) is 18.1. The molecule has 0 aliphatic carbocycles. The Morgan fingerprint density at radius 1 is 0.960 bits per heavy atom. The monoisotopic (exact) mass is 331 g/mol. The molecule has 0 atom stereocenters. The second-order valence-corrected chi connectivity index (χ2v) is 5.92. The number of pyridine rings is 1. The van der Waals surface area contributed by atoms with Gasteiger partial charge < -0.3 is 5.73 Å². The van der Waals surface area contributed by atoms with Crippen LogP contribution in [0.4, 0.5) is 10.6 Å². The van der Waals surface area contributed by atoms with Gasteiger partial charge in [-0.3, -0.25) is 4.90 Å². The minimum Gasteiger partial charge on any atom is -0.351 e. The van der Waals surface area contributed by atoms with Crippen molar-refractivity contribution in [3.8, 4) is 11.3 Å². The van der Waals surface area contributed by atoms with E-state index in [1.54, 1.807) is 0 Å². The predicted octanol–water partition coefficient (Wildman–Crippen LogP) is 4.18. The topological polar surface area (TPSA) is 59.2 Å². The molecule has 126 valence electrons. The summed E-state index contributed by atoms with van der Waals surface area (Å²) < 4.78 is 0. The summed E-state index contributed by atoms with van der Waals surface area (Å²) in [5.74, 6) is 0.573. The summed E-state index contributed by atoms with van der Waals surface area (Å²) in [6.07, 6.45) is 0.722. The van der Waals surface area contributed by atoms with Gasteiger partial charge in [-0.05, 0) is 36.6 Å². The Labute approximate surface area is 147 Å². The van der Waals surface area contributed by atoms with Gasteiger partial charge in [-0.15, -0.1) is 0 Å². The van der Waals surface area contributed by atoms with Crippen LogP contribution in [0, 0.1) is 6.92 Å². The van der Waals surface area contributed by atoms with E-state index in [1.807, 2.05) is 79.7 Å². The van der Waals surface area contributed by atoms with Crippen molar-refractivity contribution < 1.29 is 4.79 Å². The fourth-order valence-corrected chi connectivity index (χ4v) is 2.81. The highest BCUT2D eigenvalue weighted by Crippen LogP contribution is 2.23. The summed E-state index contributed by atoms with van der Waals surface area (Å²) in [6.45, 7) is 2.54. The SMILES string of the molecule is Cc1ccccc1-c1cccc(N(CCc2ccccc2)C(N)=O)n1. The Bertz CT molecular complexity index is 862. The second kappa shape index (κ2) is 7.62. The van der Waals surface area contributed by atoms with Crippen LogP contribution in [0.25, 0.3) is 11.3 Å². The van der Waals surface area contributed by atoms with Gasteiger partial charge in [-0.25, -0.2) is 9.78 Å². The molecule has 0 radical (unpaired) electrons. The number of carbonyl (C=O) groups excluding carboxylic acids is 1. The maximum Gasteiger partial charge on any atom is 0.320 e. The van der Waals surface area contributed by atoms with Crippen LogP contribution in [0.1, 0.15) is 11.1 Å². The summed E-state index contributed by atoms with van der Waals surface area (Å²) in [7, 11) is 0. The Morgan fingerprint density at radius 3 is 2.40 bits per heavy atom. The quantitative estimate of drug-likeness (QED) is 0.762. The first kappa shape index (κ1) is 16.7. The third-order valence-electron chi connectivity index (χ3n) is 4.16. The molecule has 4 nitrogen and oxygen atoms in total. The number of hydrogen-bond donors (Lipinski definition) is 1. The van der Waals surface area contributed by atoms with Crippen LogP contribution >= 0.6 is 0 Å². The number of aryl methyl sites for hydroxylation is 1. The van der Waals surface area contributed by atoms with Crippen LogP contribution in [-0.2, 0) is 6.42 Å². The highest BCUT2D eigenvalue weighted by Gasteiger charge is 2.15. The van der Waals surface area contributed by atoms with Gasteiger partial charge >= 0.3 is 6.03 Å². The summed E-state index contributed by atoms with van der Waals surface area (Å²) in [6, 6.07) is 23.3. The lowest BCUT2D eigenvalue weighted by Gasteiger charge is -2.20. The molecular formula is C21H21N3O. The van der Waals surface area contributed by atoms with E-state index < -0.39 is 6.03 Å². The molecule has 0 aliphatic rings. The average Bonchev–Trinajstić information content (AvgIpc) is 2.63. The van der Waals surface area contributed by atoms with Crippen LogP contribution in [-0.4, -0.2) is 17.6 Å². The van der Waals surface area contributed by atoms with E-state index in [-0.39, 0.29) is 0 Å². The van der Waals surface area contributed by atoms with Gasteiger partial charge in [0.2, 0.25) is 0 Å². The number of primary amides is 1. The predicted molar refractivity (Wildman–Crippen MR) is 101 cm³/mol. The highest BCUT2D eigenvalue weighted by atomic mass is 16.2. The molecule has 3 rings (SSSR count). The Morgan fingerprint density at radius 2 is 1.68 bits per heavy atom. The van der Waals surface area contributed by atoms with Crippen molar-refractivity contribution in [3.05, 3.63) is 83.9 Å². The number of urea groups is 1.